The number of aromatic hydroxyl groups is 1. The van der Waals surface area contributed by atoms with E-state index in [0.717, 1.165) is 17.7 Å². The molecule has 3 aromatic rings. The average molecular weight is 392 g/mol. The molecular weight excluding hydrogens is 372 g/mol. The van der Waals surface area contributed by atoms with Crippen molar-refractivity contribution in [3.63, 3.8) is 0 Å². The van der Waals surface area contributed by atoms with Gasteiger partial charge in [-0.25, -0.2) is 9.67 Å². The normalized spacial score (nSPS) is 14.8. The summed E-state index contributed by atoms with van der Waals surface area (Å²) in [4.78, 5) is 27.8. The Morgan fingerprint density at radius 3 is 2.52 bits per heavy atom. The van der Waals surface area contributed by atoms with Gasteiger partial charge in [0.1, 0.15) is 5.75 Å². The molecule has 0 saturated heterocycles. The van der Waals surface area contributed by atoms with Crippen molar-refractivity contribution in [1.29, 1.82) is 0 Å². The van der Waals surface area contributed by atoms with E-state index in [0.29, 0.717) is 18.4 Å². The minimum atomic E-state index is -0.910. The van der Waals surface area contributed by atoms with Crippen LogP contribution in [0.3, 0.4) is 0 Å². The first-order chi connectivity index (χ1) is 14.0. The van der Waals surface area contributed by atoms with Gasteiger partial charge >= 0.3 is 5.97 Å². The van der Waals surface area contributed by atoms with Crippen LogP contribution < -0.4 is 5.32 Å². The van der Waals surface area contributed by atoms with Crippen LogP contribution in [0.1, 0.15) is 29.8 Å². The minimum absolute atomic E-state index is 0.0217. The fourth-order valence-electron chi connectivity index (χ4n) is 3.38. The predicted molar refractivity (Wildman–Crippen MR) is 105 cm³/mol. The Bertz CT molecular complexity index is 1060. The summed E-state index contributed by atoms with van der Waals surface area (Å²) in [6.45, 7) is 0.0217. The van der Waals surface area contributed by atoms with Gasteiger partial charge in [0, 0.05) is 30.1 Å². The van der Waals surface area contributed by atoms with Crippen LogP contribution in [0.15, 0.2) is 55.0 Å². The molecule has 29 heavy (non-hydrogen) atoms. The van der Waals surface area contributed by atoms with E-state index >= 15 is 0 Å². The third-order valence-electron chi connectivity index (χ3n) is 5.37. The van der Waals surface area contributed by atoms with E-state index in [-0.39, 0.29) is 18.0 Å². The number of aliphatic carboxylic acids is 1. The summed E-state index contributed by atoms with van der Waals surface area (Å²) in [6, 6.07) is 11.0. The summed E-state index contributed by atoms with van der Waals surface area (Å²) in [6.07, 6.45) is 6.84. The topological polar surface area (TPSA) is 117 Å². The summed E-state index contributed by atoms with van der Waals surface area (Å²) in [7, 11) is 0. The zero-order chi connectivity index (χ0) is 20.4. The van der Waals surface area contributed by atoms with Crippen LogP contribution in [0.5, 0.6) is 5.75 Å². The summed E-state index contributed by atoms with van der Waals surface area (Å²) in [5.74, 6) is -1.78. The Morgan fingerprint density at radius 1 is 1.14 bits per heavy atom. The van der Waals surface area contributed by atoms with E-state index in [9.17, 15) is 19.8 Å². The van der Waals surface area contributed by atoms with Gasteiger partial charge in [-0.3, -0.25) is 9.59 Å². The van der Waals surface area contributed by atoms with E-state index in [2.05, 4.69) is 15.4 Å². The van der Waals surface area contributed by atoms with E-state index in [1.165, 1.54) is 12.3 Å². The van der Waals surface area contributed by atoms with Gasteiger partial charge in [-0.15, -0.1) is 0 Å². The molecule has 0 atom stereocenters. The number of rotatable bonds is 6. The largest absolute Gasteiger partial charge is 0.505 e. The Kier molecular flexibility index (Phi) is 4.75. The molecule has 8 heteroatoms. The van der Waals surface area contributed by atoms with Crippen LogP contribution in [0.25, 0.3) is 16.8 Å². The van der Waals surface area contributed by atoms with E-state index in [1.54, 1.807) is 17.1 Å². The van der Waals surface area contributed by atoms with E-state index in [4.69, 9.17) is 0 Å². The molecule has 2 heterocycles. The quantitative estimate of drug-likeness (QED) is 0.594. The molecule has 1 aliphatic carbocycles. The molecule has 4 rings (SSSR count). The van der Waals surface area contributed by atoms with E-state index in [1.807, 2.05) is 30.3 Å². The van der Waals surface area contributed by atoms with Gasteiger partial charge in [-0.05, 0) is 31.0 Å². The first kappa shape index (κ1) is 18.7. The molecule has 1 aliphatic rings. The molecule has 0 radical (unpaired) electrons. The Labute approximate surface area is 166 Å². The fourth-order valence-corrected chi connectivity index (χ4v) is 3.38. The molecule has 148 valence electrons. The number of carbonyl (C=O) groups excluding carboxylic acids is 1. The summed E-state index contributed by atoms with van der Waals surface area (Å²) in [5.41, 5.74) is 1.21. The fraction of sp³-hybridized carbons (Fsp3) is 0.238. The zero-order valence-corrected chi connectivity index (χ0v) is 15.6. The van der Waals surface area contributed by atoms with Gasteiger partial charge in [0.25, 0.3) is 5.91 Å². The number of hydrogen-bond donors (Lipinski definition) is 3. The monoisotopic (exact) mass is 392 g/mol. The molecule has 0 spiro atoms. The molecule has 2 aromatic heterocycles. The molecular formula is C21H20N4O4. The molecule has 0 bridgehead atoms. The maximum atomic E-state index is 12.4. The lowest BCUT2D eigenvalue weighted by molar-refractivity contribution is -0.153. The van der Waals surface area contributed by atoms with Crippen molar-refractivity contribution in [1.82, 2.24) is 20.1 Å². The van der Waals surface area contributed by atoms with Gasteiger partial charge in [-0.2, -0.15) is 5.10 Å². The van der Waals surface area contributed by atoms with Gasteiger partial charge in [-0.1, -0.05) is 24.6 Å². The maximum Gasteiger partial charge on any atom is 0.311 e. The van der Waals surface area contributed by atoms with Crippen molar-refractivity contribution >= 4 is 11.9 Å². The number of benzene rings is 1. The standard InChI is InChI=1S/C21H20N4O4/c26-17-9-14(15-11-24-25(12-15)16-5-2-1-3-6-16)10-22-18(17)19(27)23-13-21(20(28)29)7-4-8-21/h1-3,5-6,9-12,26H,4,7-8,13H2,(H,23,27)(H,28,29). The highest BCUT2D eigenvalue weighted by molar-refractivity contribution is 5.95. The van der Waals surface area contributed by atoms with Crippen LogP contribution in [0.4, 0.5) is 0 Å². The maximum absolute atomic E-state index is 12.4. The third kappa shape index (κ3) is 3.56. The van der Waals surface area contributed by atoms with Crippen LogP contribution in [0, 0.1) is 5.41 Å². The number of carboxylic acid groups (broad SMARTS) is 1. The number of nitrogens with zero attached hydrogens (tertiary/aromatic N) is 3. The van der Waals surface area contributed by atoms with Crippen molar-refractivity contribution in [3.8, 4) is 22.6 Å². The molecule has 8 nitrogen and oxygen atoms in total. The smallest absolute Gasteiger partial charge is 0.311 e. The number of pyridine rings is 1. The average Bonchev–Trinajstić information content (AvgIpc) is 3.17. The minimum Gasteiger partial charge on any atom is -0.505 e. The lowest BCUT2D eigenvalue weighted by Crippen LogP contribution is -2.47. The number of carboxylic acids is 1. The number of hydrogen-bond acceptors (Lipinski definition) is 5. The Hall–Kier alpha value is -3.68. The van der Waals surface area contributed by atoms with Crippen molar-refractivity contribution in [2.75, 3.05) is 6.54 Å². The van der Waals surface area contributed by atoms with Gasteiger partial charge in [0.05, 0.1) is 17.3 Å². The SMILES string of the molecule is O=C(NCC1(C(=O)O)CCC1)c1ncc(-c2cnn(-c3ccccc3)c2)cc1O. The number of aromatic nitrogens is 3. The van der Waals surface area contributed by atoms with Crippen LogP contribution in [-0.4, -0.2) is 43.4 Å². The van der Waals surface area contributed by atoms with E-state index < -0.39 is 17.3 Å². The highest BCUT2D eigenvalue weighted by Gasteiger charge is 2.44. The Balaban J connectivity index is 1.49. The zero-order valence-electron chi connectivity index (χ0n) is 15.6. The summed E-state index contributed by atoms with van der Waals surface area (Å²) < 4.78 is 1.71. The van der Waals surface area contributed by atoms with Gasteiger partial charge in [0.15, 0.2) is 5.69 Å². The molecule has 3 N–H and O–H groups in total. The molecule has 1 amide bonds. The molecule has 0 unspecified atom stereocenters. The van der Waals surface area contributed by atoms with Crippen LogP contribution >= 0.6 is 0 Å². The second kappa shape index (κ2) is 7.38. The molecule has 0 aliphatic heterocycles. The number of nitrogens with one attached hydrogen (secondary N) is 1. The van der Waals surface area contributed by atoms with Crippen molar-refractivity contribution in [3.05, 3.63) is 60.7 Å². The third-order valence-corrected chi connectivity index (χ3v) is 5.37. The van der Waals surface area contributed by atoms with Gasteiger partial charge in [0.2, 0.25) is 0 Å². The highest BCUT2D eigenvalue weighted by atomic mass is 16.4. The van der Waals surface area contributed by atoms with Crippen molar-refractivity contribution in [2.45, 2.75) is 19.3 Å². The number of para-hydroxylation sites is 1. The molecule has 1 saturated carbocycles. The summed E-state index contributed by atoms with van der Waals surface area (Å²) >= 11 is 0. The first-order valence-electron chi connectivity index (χ1n) is 9.30. The number of carbonyl (C=O) groups is 2. The summed E-state index contributed by atoms with van der Waals surface area (Å²) in [5, 5.41) is 26.5. The lowest BCUT2D eigenvalue weighted by Gasteiger charge is -2.37. The van der Waals surface area contributed by atoms with Crippen molar-refractivity contribution in [2.24, 2.45) is 5.41 Å². The number of amides is 1. The lowest BCUT2D eigenvalue weighted by atomic mass is 9.69. The molecule has 1 aromatic carbocycles. The Morgan fingerprint density at radius 2 is 1.90 bits per heavy atom. The van der Waals surface area contributed by atoms with Gasteiger partial charge < -0.3 is 15.5 Å². The van der Waals surface area contributed by atoms with Crippen LogP contribution in [-0.2, 0) is 4.79 Å². The first-order valence-corrected chi connectivity index (χ1v) is 9.30. The second-order valence-electron chi connectivity index (χ2n) is 7.22. The highest BCUT2D eigenvalue weighted by Crippen LogP contribution is 2.40. The second-order valence-corrected chi connectivity index (χ2v) is 7.22. The van der Waals surface area contributed by atoms with Crippen LogP contribution in [0.2, 0.25) is 0 Å². The van der Waals surface area contributed by atoms with Crippen molar-refractivity contribution < 1.29 is 19.8 Å². The molecule has 1 fully saturated rings. The predicted octanol–water partition coefficient (Wildman–Crippen LogP) is 2.62.